The van der Waals surface area contributed by atoms with Crippen LogP contribution in [-0.4, -0.2) is 12.5 Å². The van der Waals surface area contributed by atoms with Crippen LogP contribution in [0.5, 0.6) is 5.75 Å². The van der Waals surface area contributed by atoms with Gasteiger partial charge in [0.2, 0.25) is 0 Å². The summed E-state index contributed by atoms with van der Waals surface area (Å²) in [6.07, 6.45) is 0. The zero-order valence-corrected chi connectivity index (χ0v) is 14.7. The fourth-order valence-electron chi connectivity index (χ4n) is 2.38. The molecule has 0 radical (unpaired) electrons. The van der Waals surface area contributed by atoms with Gasteiger partial charge in [-0.3, -0.25) is 4.79 Å². The van der Waals surface area contributed by atoms with Gasteiger partial charge in [0.25, 0.3) is 5.91 Å². The summed E-state index contributed by atoms with van der Waals surface area (Å²) in [5.41, 5.74) is 2.69. The van der Waals surface area contributed by atoms with E-state index in [-0.39, 0.29) is 12.5 Å². The van der Waals surface area contributed by atoms with Crippen molar-refractivity contribution in [2.45, 2.75) is 0 Å². The van der Waals surface area contributed by atoms with Crippen LogP contribution in [0.1, 0.15) is 0 Å². The summed E-state index contributed by atoms with van der Waals surface area (Å²) in [7, 11) is 0. The topological polar surface area (TPSA) is 38.3 Å². The Hall–Kier alpha value is -2.49. The van der Waals surface area contributed by atoms with Gasteiger partial charge in [0.05, 0.1) is 5.02 Å². The van der Waals surface area contributed by atoms with Gasteiger partial charge in [0.1, 0.15) is 5.75 Å². The lowest BCUT2D eigenvalue weighted by Gasteiger charge is -2.12. The predicted octanol–water partition coefficient (Wildman–Crippen LogP) is 5.68. The SMILES string of the molecule is O=C(COc1cc(Cl)ccc1Cl)Nc1ccccc1-c1ccccc1. The number of benzene rings is 3. The molecular formula is C20H15Cl2NO2. The van der Waals surface area contributed by atoms with Gasteiger partial charge < -0.3 is 10.1 Å². The first-order valence-electron chi connectivity index (χ1n) is 7.65. The summed E-state index contributed by atoms with van der Waals surface area (Å²) >= 11 is 11.9. The van der Waals surface area contributed by atoms with Crippen molar-refractivity contribution in [2.75, 3.05) is 11.9 Å². The largest absolute Gasteiger partial charge is 0.482 e. The van der Waals surface area contributed by atoms with E-state index in [0.717, 1.165) is 16.8 Å². The fourth-order valence-corrected chi connectivity index (χ4v) is 2.71. The molecule has 0 aliphatic heterocycles. The highest BCUT2D eigenvalue weighted by atomic mass is 35.5. The van der Waals surface area contributed by atoms with E-state index < -0.39 is 0 Å². The zero-order chi connectivity index (χ0) is 17.6. The van der Waals surface area contributed by atoms with Crippen molar-refractivity contribution in [3.05, 3.63) is 82.8 Å². The molecule has 1 amide bonds. The van der Waals surface area contributed by atoms with E-state index in [1.54, 1.807) is 18.2 Å². The molecule has 0 heterocycles. The van der Waals surface area contributed by atoms with Crippen molar-refractivity contribution in [2.24, 2.45) is 0 Å². The Bertz CT molecular complexity index is 882. The molecule has 1 N–H and O–H groups in total. The highest BCUT2D eigenvalue weighted by molar-refractivity contribution is 6.34. The Morgan fingerprint density at radius 1 is 0.920 bits per heavy atom. The third-order valence-electron chi connectivity index (χ3n) is 3.54. The van der Waals surface area contributed by atoms with Gasteiger partial charge in [-0.05, 0) is 23.8 Å². The van der Waals surface area contributed by atoms with Gasteiger partial charge in [-0.2, -0.15) is 0 Å². The lowest BCUT2D eigenvalue weighted by atomic mass is 10.0. The number of carbonyl (C=O) groups is 1. The summed E-state index contributed by atoms with van der Waals surface area (Å²) in [5, 5.41) is 3.77. The van der Waals surface area contributed by atoms with Crippen LogP contribution in [0.2, 0.25) is 10.0 Å². The van der Waals surface area contributed by atoms with E-state index in [4.69, 9.17) is 27.9 Å². The summed E-state index contributed by atoms with van der Waals surface area (Å²) in [6.45, 7) is -0.164. The summed E-state index contributed by atoms with van der Waals surface area (Å²) < 4.78 is 5.47. The second kappa shape index (κ2) is 8.06. The number of hydrogen-bond acceptors (Lipinski definition) is 2. The molecule has 0 aliphatic carbocycles. The average Bonchev–Trinajstić information content (AvgIpc) is 2.64. The van der Waals surface area contributed by atoms with Crippen LogP contribution < -0.4 is 10.1 Å². The van der Waals surface area contributed by atoms with Crippen LogP contribution in [0.4, 0.5) is 5.69 Å². The minimum atomic E-state index is -0.278. The van der Waals surface area contributed by atoms with E-state index >= 15 is 0 Å². The molecule has 3 rings (SSSR count). The molecule has 25 heavy (non-hydrogen) atoms. The molecule has 0 aromatic heterocycles. The third-order valence-corrected chi connectivity index (χ3v) is 4.09. The second-order valence-corrected chi connectivity index (χ2v) is 6.17. The fraction of sp³-hybridized carbons (Fsp3) is 0.0500. The molecule has 0 spiro atoms. The first-order valence-corrected chi connectivity index (χ1v) is 8.41. The molecule has 3 aromatic carbocycles. The number of carbonyl (C=O) groups excluding carboxylic acids is 1. The molecule has 0 unspecified atom stereocenters. The number of anilines is 1. The maximum Gasteiger partial charge on any atom is 0.262 e. The number of rotatable bonds is 5. The lowest BCUT2D eigenvalue weighted by molar-refractivity contribution is -0.118. The Labute approximate surface area is 156 Å². The van der Waals surface area contributed by atoms with E-state index in [0.29, 0.717) is 15.8 Å². The Kier molecular flexibility index (Phi) is 5.59. The molecular weight excluding hydrogens is 357 g/mol. The maximum absolute atomic E-state index is 12.3. The van der Waals surface area contributed by atoms with E-state index in [9.17, 15) is 4.79 Å². The van der Waals surface area contributed by atoms with Crippen molar-refractivity contribution >= 4 is 34.8 Å². The van der Waals surface area contributed by atoms with Gasteiger partial charge >= 0.3 is 0 Å². The molecule has 0 bridgehead atoms. The summed E-state index contributed by atoms with van der Waals surface area (Å²) in [4.78, 5) is 12.3. The molecule has 0 saturated heterocycles. The van der Waals surface area contributed by atoms with Gasteiger partial charge in [-0.1, -0.05) is 71.7 Å². The minimum Gasteiger partial charge on any atom is -0.482 e. The van der Waals surface area contributed by atoms with Crippen molar-refractivity contribution in [3.63, 3.8) is 0 Å². The monoisotopic (exact) mass is 371 g/mol. The van der Waals surface area contributed by atoms with Crippen molar-refractivity contribution in [1.29, 1.82) is 0 Å². The highest BCUT2D eigenvalue weighted by Crippen LogP contribution is 2.29. The normalized spacial score (nSPS) is 10.3. The number of nitrogens with one attached hydrogen (secondary N) is 1. The first kappa shape index (κ1) is 17.3. The Morgan fingerprint density at radius 3 is 2.44 bits per heavy atom. The highest BCUT2D eigenvalue weighted by Gasteiger charge is 2.10. The van der Waals surface area contributed by atoms with E-state index in [1.807, 2.05) is 54.6 Å². The van der Waals surface area contributed by atoms with Crippen LogP contribution in [0.3, 0.4) is 0 Å². The lowest BCUT2D eigenvalue weighted by Crippen LogP contribution is -2.20. The number of hydrogen-bond donors (Lipinski definition) is 1. The molecule has 3 nitrogen and oxygen atoms in total. The molecule has 3 aromatic rings. The van der Waals surface area contributed by atoms with Crippen LogP contribution in [0.15, 0.2) is 72.8 Å². The van der Waals surface area contributed by atoms with E-state index in [1.165, 1.54) is 0 Å². The van der Waals surface area contributed by atoms with Gasteiger partial charge in [0, 0.05) is 22.3 Å². The Balaban J connectivity index is 1.71. The molecule has 0 fully saturated rings. The number of amides is 1. The number of halogens is 2. The first-order chi connectivity index (χ1) is 12.1. The number of ether oxygens (including phenoxy) is 1. The molecule has 126 valence electrons. The van der Waals surface area contributed by atoms with Crippen molar-refractivity contribution in [1.82, 2.24) is 0 Å². The number of para-hydroxylation sites is 1. The predicted molar refractivity (Wildman–Crippen MR) is 102 cm³/mol. The van der Waals surface area contributed by atoms with Crippen LogP contribution in [0.25, 0.3) is 11.1 Å². The van der Waals surface area contributed by atoms with Gasteiger partial charge in [-0.25, -0.2) is 0 Å². The average molecular weight is 372 g/mol. The standard InChI is InChI=1S/C20H15Cl2NO2/c21-15-10-11-17(22)19(12-15)25-13-20(24)23-18-9-5-4-8-16(18)14-6-2-1-3-7-14/h1-12H,13H2,(H,23,24). The van der Waals surface area contributed by atoms with Crippen molar-refractivity contribution in [3.8, 4) is 16.9 Å². The maximum atomic E-state index is 12.3. The van der Waals surface area contributed by atoms with Gasteiger partial charge in [-0.15, -0.1) is 0 Å². The molecule has 0 saturated carbocycles. The van der Waals surface area contributed by atoms with Gasteiger partial charge in [0.15, 0.2) is 6.61 Å². The Morgan fingerprint density at radius 2 is 1.64 bits per heavy atom. The quantitative estimate of drug-likeness (QED) is 0.626. The van der Waals surface area contributed by atoms with Crippen LogP contribution in [0, 0.1) is 0 Å². The van der Waals surface area contributed by atoms with Crippen molar-refractivity contribution < 1.29 is 9.53 Å². The second-order valence-electron chi connectivity index (χ2n) is 5.32. The van der Waals surface area contributed by atoms with E-state index in [2.05, 4.69) is 5.32 Å². The van der Waals surface area contributed by atoms with Crippen LogP contribution in [-0.2, 0) is 4.79 Å². The summed E-state index contributed by atoms with van der Waals surface area (Å²) in [5.74, 6) is 0.0973. The molecule has 0 aliphatic rings. The molecule has 5 heteroatoms. The third kappa shape index (κ3) is 4.53. The minimum absolute atomic E-state index is 0.164. The smallest absolute Gasteiger partial charge is 0.262 e. The summed E-state index contributed by atoms with van der Waals surface area (Å²) in [6, 6.07) is 22.3. The zero-order valence-electron chi connectivity index (χ0n) is 13.2. The molecule has 0 atom stereocenters. The van der Waals surface area contributed by atoms with Crippen LogP contribution >= 0.6 is 23.2 Å².